The molecule has 1 aromatic carbocycles. The molecule has 2 aliphatic rings. The molecule has 154 valence electrons. The minimum Gasteiger partial charge on any atom is -0.497 e. The van der Waals surface area contributed by atoms with Gasteiger partial charge < -0.3 is 20.5 Å². The number of amides is 1. The molecule has 29 heavy (non-hydrogen) atoms. The standard InChI is InChI=1S/C21H27N5O3/c1-28-17-5-3-4-13(8-17)12-26-15-6-7-16(26)10-14(9-15)24-19(27)18-11-23-21(22)25-20(18)29-2/h3-5,8,11,14-16H,6-7,9-10,12H2,1-2H3,(H,24,27)(H2,22,23,25)/t14?,15-,16+. The average molecular weight is 397 g/mol. The number of rotatable bonds is 6. The smallest absolute Gasteiger partial charge is 0.258 e. The van der Waals surface area contributed by atoms with Crippen molar-refractivity contribution in [2.75, 3.05) is 20.0 Å². The third-order valence-electron chi connectivity index (χ3n) is 5.93. The van der Waals surface area contributed by atoms with E-state index < -0.39 is 0 Å². The number of hydrogen-bond acceptors (Lipinski definition) is 7. The molecule has 8 nitrogen and oxygen atoms in total. The third-order valence-corrected chi connectivity index (χ3v) is 5.93. The Morgan fingerprint density at radius 3 is 2.69 bits per heavy atom. The number of piperidine rings is 1. The quantitative estimate of drug-likeness (QED) is 0.768. The lowest BCUT2D eigenvalue weighted by atomic mass is 9.96. The molecule has 2 saturated heterocycles. The molecule has 3 atom stereocenters. The molecule has 2 aliphatic heterocycles. The lowest BCUT2D eigenvalue weighted by Crippen LogP contribution is -2.50. The Balaban J connectivity index is 1.40. The number of nitrogens with zero attached hydrogens (tertiary/aromatic N) is 3. The highest BCUT2D eigenvalue weighted by Gasteiger charge is 2.41. The predicted molar refractivity (Wildman–Crippen MR) is 109 cm³/mol. The number of carbonyl (C=O) groups is 1. The summed E-state index contributed by atoms with van der Waals surface area (Å²) in [4.78, 5) is 23.2. The van der Waals surface area contributed by atoms with Crippen molar-refractivity contribution in [2.24, 2.45) is 0 Å². The van der Waals surface area contributed by atoms with E-state index in [1.165, 1.54) is 18.9 Å². The highest BCUT2D eigenvalue weighted by molar-refractivity contribution is 5.96. The zero-order valence-electron chi connectivity index (χ0n) is 16.8. The van der Waals surface area contributed by atoms with Gasteiger partial charge in [0.2, 0.25) is 11.8 Å². The number of fused-ring (bicyclic) bond motifs is 2. The average Bonchev–Trinajstić information content (AvgIpc) is 2.95. The molecule has 1 unspecified atom stereocenters. The van der Waals surface area contributed by atoms with Gasteiger partial charge in [0.1, 0.15) is 11.3 Å². The summed E-state index contributed by atoms with van der Waals surface area (Å²) in [5.41, 5.74) is 7.15. The summed E-state index contributed by atoms with van der Waals surface area (Å²) in [7, 11) is 3.16. The van der Waals surface area contributed by atoms with Crippen LogP contribution in [0.1, 0.15) is 41.6 Å². The van der Waals surface area contributed by atoms with Crippen molar-refractivity contribution in [2.45, 2.75) is 50.4 Å². The van der Waals surface area contributed by atoms with E-state index in [-0.39, 0.29) is 23.8 Å². The van der Waals surface area contributed by atoms with Crippen molar-refractivity contribution >= 4 is 11.9 Å². The topological polar surface area (TPSA) is 103 Å². The summed E-state index contributed by atoms with van der Waals surface area (Å²) in [6.07, 6.45) is 5.61. The van der Waals surface area contributed by atoms with Crippen LogP contribution in [0.15, 0.2) is 30.5 Å². The molecule has 0 aliphatic carbocycles. The van der Waals surface area contributed by atoms with Crippen LogP contribution in [-0.2, 0) is 6.54 Å². The molecule has 0 saturated carbocycles. The molecule has 3 heterocycles. The van der Waals surface area contributed by atoms with Gasteiger partial charge in [-0.1, -0.05) is 12.1 Å². The van der Waals surface area contributed by atoms with Crippen LogP contribution >= 0.6 is 0 Å². The molecule has 2 bridgehead atoms. The van der Waals surface area contributed by atoms with E-state index in [0.717, 1.165) is 38.0 Å². The van der Waals surface area contributed by atoms with Crippen LogP contribution < -0.4 is 20.5 Å². The lowest BCUT2D eigenvalue weighted by molar-refractivity contribution is 0.0824. The first-order valence-electron chi connectivity index (χ1n) is 9.93. The molecule has 0 spiro atoms. The highest BCUT2D eigenvalue weighted by Crippen LogP contribution is 2.37. The fourth-order valence-corrected chi connectivity index (χ4v) is 4.59. The van der Waals surface area contributed by atoms with Crippen molar-refractivity contribution in [3.05, 3.63) is 41.6 Å². The van der Waals surface area contributed by atoms with Crippen molar-refractivity contribution in [1.82, 2.24) is 20.2 Å². The van der Waals surface area contributed by atoms with Crippen LogP contribution in [0, 0.1) is 0 Å². The van der Waals surface area contributed by atoms with Gasteiger partial charge >= 0.3 is 0 Å². The fourth-order valence-electron chi connectivity index (χ4n) is 4.59. The molecule has 3 N–H and O–H groups in total. The first-order chi connectivity index (χ1) is 14.1. The van der Waals surface area contributed by atoms with Crippen LogP contribution in [0.4, 0.5) is 5.95 Å². The molecular formula is C21H27N5O3. The molecule has 2 fully saturated rings. The zero-order valence-corrected chi connectivity index (χ0v) is 16.8. The number of ether oxygens (including phenoxy) is 2. The van der Waals surface area contributed by atoms with Crippen LogP contribution in [0.3, 0.4) is 0 Å². The summed E-state index contributed by atoms with van der Waals surface area (Å²) < 4.78 is 10.5. The van der Waals surface area contributed by atoms with Gasteiger partial charge in [0, 0.05) is 30.9 Å². The number of hydrogen-bond donors (Lipinski definition) is 2. The second kappa shape index (κ2) is 8.24. The molecule has 4 rings (SSSR count). The van der Waals surface area contributed by atoms with Gasteiger partial charge in [-0.05, 0) is 43.4 Å². The summed E-state index contributed by atoms with van der Waals surface area (Å²) in [6, 6.07) is 9.30. The Morgan fingerprint density at radius 1 is 1.24 bits per heavy atom. The maximum Gasteiger partial charge on any atom is 0.258 e. The fraction of sp³-hybridized carbons (Fsp3) is 0.476. The van der Waals surface area contributed by atoms with Gasteiger partial charge in [-0.3, -0.25) is 9.69 Å². The first kappa shape index (κ1) is 19.4. The molecule has 1 amide bonds. The van der Waals surface area contributed by atoms with E-state index in [4.69, 9.17) is 15.2 Å². The van der Waals surface area contributed by atoms with Crippen LogP contribution in [0.5, 0.6) is 11.6 Å². The van der Waals surface area contributed by atoms with Crippen molar-refractivity contribution in [3.63, 3.8) is 0 Å². The van der Waals surface area contributed by atoms with Crippen molar-refractivity contribution in [3.8, 4) is 11.6 Å². The summed E-state index contributed by atoms with van der Waals surface area (Å²) in [6.45, 7) is 0.910. The lowest BCUT2D eigenvalue weighted by Gasteiger charge is -2.39. The van der Waals surface area contributed by atoms with Crippen LogP contribution in [-0.4, -0.2) is 53.1 Å². The van der Waals surface area contributed by atoms with E-state index >= 15 is 0 Å². The van der Waals surface area contributed by atoms with Crippen molar-refractivity contribution < 1.29 is 14.3 Å². The molecule has 0 radical (unpaired) electrons. The predicted octanol–water partition coefficient (Wildman–Crippen LogP) is 2.00. The van der Waals surface area contributed by atoms with E-state index in [2.05, 4.69) is 32.3 Å². The maximum atomic E-state index is 12.7. The van der Waals surface area contributed by atoms with Gasteiger partial charge in [0.15, 0.2) is 0 Å². The Labute approximate surface area is 170 Å². The SMILES string of the molecule is COc1cccc(CN2[C@@H]3CC[C@H]2CC(NC(=O)c2cnc(N)nc2OC)C3)c1. The third kappa shape index (κ3) is 4.12. The minimum absolute atomic E-state index is 0.0855. The van der Waals surface area contributed by atoms with Gasteiger partial charge in [-0.15, -0.1) is 0 Å². The number of aromatic nitrogens is 2. The zero-order chi connectivity index (χ0) is 20.4. The Hall–Kier alpha value is -2.87. The van der Waals surface area contributed by atoms with E-state index in [9.17, 15) is 4.79 Å². The Morgan fingerprint density at radius 2 is 2.00 bits per heavy atom. The molecular weight excluding hydrogens is 370 g/mol. The summed E-state index contributed by atoms with van der Waals surface area (Å²) in [5.74, 6) is 0.958. The minimum atomic E-state index is -0.215. The monoisotopic (exact) mass is 397 g/mol. The second-order valence-corrected chi connectivity index (χ2v) is 7.70. The Bertz CT molecular complexity index is 876. The maximum absolute atomic E-state index is 12.7. The number of nitrogen functional groups attached to an aromatic ring is 1. The number of methoxy groups -OCH3 is 2. The van der Waals surface area contributed by atoms with E-state index in [1.807, 2.05) is 12.1 Å². The van der Waals surface area contributed by atoms with E-state index in [0.29, 0.717) is 17.6 Å². The number of nitrogens with two attached hydrogens (primary N) is 1. The van der Waals surface area contributed by atoms with Gasteiger partial charge in [-0.25, -0.2) is 4.98 Å². The van der Waals surface area contributed by atoms with Crippen LogP contribution in [0.25, 0.3) is 0 Å². The van der Waals surface area contributed by atoms with Gasteiger partial charge in [-0.2, -0.15) is 4.98 Å². The largest absolute Gasteiger partial charge is 0.497 e. The molecule has 1 aromatic heterocycles. The summed E-state index contributed by atoms with van der Waals surface area (Å²) in [5, 5.41) is 3.15. The number of nitrogens with one attached hydrogen (secondary N) is 1. The van der Waals surface area contributed by atoms with Crippen molar-refractivity contribution in [1.29, 1.82) is 0 Å². The first-order valence-corrected chi connectivity index (χ1v) is 9.93. The van der Waals surface area contributed by atoms with Gasteiger partial charge in [0.25, 0.3) is 5.91 Å². The molecule has 8 heteroatoms. The summed E-state index contributed by atoms with van der Waals surface area (Å²) >= 11 is 0. The second-order valence-electron chi connectivity index (χ2n) is 7.70. The van der Waals surface area contributed by atoms with Crippen LogP contribution in [0.2, 0.25) is 0 Å². The number of carbonyl (C=O) groups excluding carboxylic acids is 1. The van der Waals surface area contributed by atoms with Gasteiger partial charge in [0.05, 0.1) is 14.2 Å². The number of benzene rings is 1. The highest BCUT2D eigenvalue weighted by atomic mass is 16.5. The van der Waals surface area contributed by atoms with E-state index in [1.54, 1.807) is 7.11 Å². The molecule has 2 aromatic rings. The normalized spacial score (nSPS) is 23.6. The Kier molecular flexibility index (Phi) is 5.53. The number of anilines is 1.